The number of aromatic nitrogens is 2. The van der Waals surface area contributed by atoms with E-state index >= 15 is 0 Å². The van der Waals surface area contributed by atoms with Crippen molar-refractivity contribution in [1.82, 2.24) is 14.9 Å². The lowest BCUT2D eigenvalue weighted by Gasteiger charge is -2.18. The van der Waals surface area contributed by atoms with Crippen LogP contribution in [0.15, 0.2) is 54.9 Å². The van der Waals surface area contributed by atoms with Gasteiger partial charge in [0.1, 0.15) is 5.65 Å². The van der Waals surface area contributed by atoms with E-state index < -0.39 is 0 Å². The van der Waals surface area contributed by atoms with Crippen molar-refractivity contribution >= 4 is 23.4 Å². The number of halogens is 1. The van der Waals surface area contributed by atoms with Gasteiger partial charge in [0.25, 0.3) is 0 Å². The first-order valence-corrected chi connectivity index (χ1v) is 7.40. The van der Waals surface area contributed by atoms with Crippen LogP contribution in [0.5, 0.6) is 0 Å². The minimum absolute atomic E-state index is 0. The van der Waals surface area contributed by atoms with E-state index in [-0.39, 0.29) is 12.4 Å². The van der Waals surface area contributed by atoms with Gasteiger partial charge in [-0.05, 0) is 43.3 Å². The molecule has 2 aromatic heterocycles. The standard InChI is InChI=1S/C18H21N3.ClH/c1-19-10-8-17(14-6-4-3-5-7-14)16-12-15-9-11-21(2)18(15)20-13-16;/h3-7,9,11-13,17,19H,8,10H2,1-2H3;1H. The van der Waals surface area contributed by atoms with Crippen molar-refractivity contribution in [2.75, 3.05) is 13.6 Å². The number of nitrogens with zero attached hydrogens (tertiary/aromatic N) is 2. The van der Waals surface area contributed by atoms with E-state index in [4.69, 9.17) is 0 Å². The number of nitrogens with one attached hydrogen (secondary N) is 1. The van der Waals surface area contributed by atoms with Crippen LogP contribution in [0.2, 0.25) is 0 Å². The first-order chi connectivity index (χ1) is 10.3. The molecule has 1 atom stereocenters. The highest BCUT2D eigenvalue weighted by atomic mass is 35.5. The second-order valence-corrected chi connectivity index (χ2v) is 5.46. The Kier molecular flexibility index (Phi) is 5.58. The maximum atomic E-state index is 4.64. The summed E-state index contributed by atoms with van der Waals surface area (Å²) in [5.41, 5.74) is 3.68. The van der Waals surface area contributed by atoms with Crippen molar-refractivity contribution in [3.05, 3.63) is 66.0 Å². The Morgan fingerprint density at radius 2 is 1.91 bits per heavy atom. The highest BCUT2D eigenvalue weighted by Gasteiger charge is 2.15. The quantitative estimate of drug-likeness (QED) is 0.777. The Labute approximate surface area is 137 Å². The summed E-state index contributed by atoms with van der Waals surface area (Å²) in [6.45, 7) is 0.992. The van der Waals surface area contributed by atoms with E-state index in [9.17, 15) is 0 Å². The Balaban J connectivity index is 0.00000176. The summed E-state index contributed by atoms with van der Waals surface area (Å²) in [5, 5.41) is 4.46. The van der Waals surface area contributed by atoms with Crippen LogP contribution in [0.1, 0.15) is 23.5 Å². The fourth-order valence-corrected chi connectivity index (χ4v) is 2.86. The zero-order chi connectivity index (χ0) is 14.7. The summed E-state index contributed by atoms with van der Waals surface area (Å²) >= 11 is 0. The van der Waals surface area contributed by atoms with Crippen LogP contribution in [-0.2, 0) is 7.05 Å². The van der Waals surface area contributed by atoms with E-state index in [0.29, 0.717) is 5.92 Å². The van der Waals surface area contributed by atoms with Crippen LogP contribution in [0.25, 0.3) is 11.0 Å². The molecule has 3 rings (SSSR count). The fourth-order valence-electron chi connectivity index (χ4n) is 2.86. The summed E-state index contributed by atoms with van der Waals surface area (Å²) in [4.78, 5) is 4.64. The van der Waals surface area contributed by atoms with Gasteiger partial charge in [-0.2, -0.15) is 0 Å². The molecule has 0 aliphatic rings. The van der Waals surface area contributed by atoms with Gasteiger partial charge in [0.05, 0.1) is 0 Å². The Bertz CT molecular complexity index is 722. The summed E-state index contributed by atoms with van der Waals surface area (Å²) in [6, 6.07) is 15.1. The second-order valence-electron chi connectivity index (χ2n) is 5.46. The molecule has 22 heavy (non-hydrogen) atoms. The van der Waals surface area contributed by atoms with Gasteiger partial charge in [-0.3, -0.25) is 0 Å². The van der Waals surface area contributed by atoms with Crippen LogP contribution >= 0.6 is 12.4 Å². The lowest BCUT2D eigenvalue weighted by Crippen LogP contribution is -2.13. The number of aryl methyl sites for hydroxylation is 1. The molecule has 3 aromatic rings. The summed E-state index contributed by atoms with van der Waals surface area (Å²) in [6.07, 6.45) is 5.16. The fraction of sp³-hybridized carbons (Fsp3) is 0.278. The second kappa shape index (κ2) is 7.43. The maximum Gasteiger partial charge on any atom is 0.139 e. The van der Waals surface area contributed by atoms with E-state index in [1.807, 2.05) is 20.3 Å². The number of benzene rings is 1. The van der Waals surface area contributed by atoms with Crippen LogP contribution in [-0.4, -0.2) is 23.1 Å². The molecule has 2 heterocycles. The molecule has 0 aliphatic carbocycles. The van der Waals surface area contributed by atoms with Crippen LogP contribution in [0.3, 0.4) is 0 Å². The average molecular weight is 316 g/mol. The molecule has 116 valence electrons. The third kappa shape index (κ3) is 3.32. The predicted octanol–water partition coefficient (Wildman–Crippen LogP) is 3.74. The molecule has 0 saturated heterocycles. The Morgan fingerprint density at radius 1 is 1.14 bits per heavy atom. The van der Waals surface area contributed by atoms with E-state index in [2.05, 4.69) is 63.5 Å². The first kappa shape index (κ1) is 16.5. The van der Waals surface area contributed by atoms with Gasteiger partial charge in [-0.25, -0.2) is 4.98 Å². The SMILES string of the molecule is CNCCC(c1ccccc1)c1cnc2c(ccn2C)c1.Cl. The molecule has 1 N–H and O–H groups in total. The van der Waals surface area contributed by atoms with Crippen molar-refractivity contribution in [2.45, 2.75) is 12.3 Å². The Hall–Kier alpha value is -1.84. The first-order valence-electron chi connectivity index (χ1n) is 7.40. The van der Waals surface area contributed by atoms with Crippen molar-refractivity contribution in [1.29, 1.82) is 0 Å². The van der Waals surface area contributed by atoms with Crippen molar-refractivity contribution in [2.24, 2.45) is 7.05 Å². The molecular formula is C18H22ClN3. The van der Waals surface area contributed by atoms with Gasteiger partial charge in [-0.1, -0.05) is 30.3 Å². The molecule has 0 bridgehead atoms. The van der Waals surface area contributed by atoms with Gasteiger partial charge in [0, 0.05) is 30.7 Å². The predicted molar refractivity (Wildman–Crippen MR) is 94.8 cm³/mol. The molecule has 0 fully saturated rings. The Morgan fingerprint density at radius 3 is 2.64 bits per heavy atom. The highest BCUT2D eigenvalue weighted by molar-refractivity contribution is 5.85. The smallest absolute Gasteiger partial charge is 0.139 e. The number of fused-ring (bicyclic) bond motifs is 1. The molecule has 0 aliphatic heterocycles. The van der Waals surface area contributed by atoms with Crippen LogP contribution in [0.4, 0.5) is 0 Å². The van der Waals surface area contributed by atoms with Gasteiger partial charge in [0.2, 0.25) is 0 Å². The van der Waals surface area contributed by atoms with Gasteiger partial charge in [-0.15, -0.1) is 12.4 Å². The van der Waals surface area contributed by atoms with Crippen molar-refractivity contribution in [3.63, 3.8) is 0 Å². The molecule has 0 amide bonds. The minimum atomic E-state index is 0. The summed E-state index contributed by atoms with van der Waals surface area (Å²) in [5.74, 6) is 0.385. The third-order valence-electron chi connectivity index (χ3n) is 4.02. The summed E-state index contributed by atoms with van der Waals surface area (Å²) < 4.78 is 2.06. The molecule has 3 nitrogen and oxygen atoms in total. The number of pyridine rings is 1. The molecule has 4 heteroatoms. The maximum absolute atomic E-state index is 4.64. The topological polar surface area (TPSA) is 29.9 Å². The van der Waals surface area contributed by atoms with Gasteiger partial charge < -0.3 is 9.88 Å². The normalized spacial score (nSPS) is 12.1. The molecule has 0 spiro atoms. The van der Waals surface area contributed by atoms with Gasteiger partial charge in [0.15, 0.2) is 0 Å². The van der Waals surface area contributed by atoms with E-state index in [0.717, 1.165) is 18.6 Å². The monoisotopic (exact) mass is 315 g/mol. The van der Waals surface area contributed by atoms with E-state index in [1.165, 1.54) is 16.5 Å². The molecular weight excluding hydrogens is 294 g/mol. The van der Waals surface area contributed by atoms with Crippen molar-refractivity contribution in [3.8, 4) is 0 Å². The number of hydrogen-bond donors (Lipinski definition) is 1. The highest BCUT2D eigenvalue weighted by Crippen LogP contribution is 2.29. The third-order valence-corrected chi connectivity index (χ3v) is 4.02. The zero-order valence-electron chi connectivity index (χ0n) is 13.0. The van der Waals surface area contributed by atoms with Crippen LogP contribution < -0.4 is 5.32 Å². The summed E-state index contributed by atoms with van der Waals surface area (Å²) in [7, 11) is 4.03. The van der Waals surface area contributed by atoms with E-state index in [1.54, 1.807) is 0 Å². The van der Waals surface area contributed by atoms with Crippen LogP contribution in [0, 0.1) is 0 Å². The zero-order valence-corrected chi connectivity index (χ0v) is 13.8. The molecule has 0 radical (unpaired) electrons. The number of rotatable bonds is 5. The lowest BCUT2D eigenvalue weighted by molar-refractivity contribution is 0.660. The molecule has 0 saturated carbocycles. The van der Waals surface area contributed by atoms with Crippen molar-refractivity contribution < 1.29 is 0 Å². The molecule has 1 unspecified atom stereocenters. The van der Waals surface area contributed by atoms with Gasteiger partial charge >= 0.3 is 0 Å². The molecule has 1 aromatic carbocycles. The minimum Gasteiger partial charge on any atom is -0.336 e. The lowest BCUT2D eigenvalue weighted by atomic mass is 9.89. The number of hydrogen-bond acceptors (Lipinski definition) is 2. The largest absolute Gasteiger partial charge is 0.336 e. The average Bonchev–Trinajstić information content (AvgIpc) is 2.90.